The van der Waals surface area contributed by atoms with Crippen LogP contribution in [0.25, 0.3) is 0 Å². The minimum atomic E-state index is 1.01. The molecule has 0 aromatic heterocycles. The number of thioether (sulfide) groups is 1. The zero-order valence-electron chi connectivity index (χ0n) is 11.8. The van der Waals surface area contributed by atoms with Crippen molar-refractivity contribution in [2.24, 2.45) is 11.8 Å². The molecule has 2 bridgehead atoms. The molecule has 0 amide bonds. The Morgan fingerprint density at radius 3 is 2.21 bits per heavy atom. The van der Waals surface area contributed by atoms with Crippen molar-refractivity contribution in [2.75, 3.05) is 25.4 Å². The molecule has 0 atom stereocenters. The molecule has 3 fully saturated rings. The van der Waals surface area contributed by atoms with E-state index in [1.165, 1.54) is 62.4 Å². The molecule has 1 aromatic rings. The normalized spacial score (nSPS) is 27.4. The van der Waals surface area contributed by atoms with Crippen LogP contribution in [-0.4, -0.2) is 30.3 Å². The lowest BCUT2D eigenvalue weighted by Gasteiger charge is -2.21. The van der Waals surface area contributed by atoms with Gasteiger partial charge in [0.05, 0.1) is 0 Å². The van der Waals surface area contributed by atoms with Crippen LogP contribution in [0.15, 0.2) is 35.2 Å². The third-order valence-electron chi connectivity index (χ3n) is 4.63. The van der Waals surface area contributed by atoms with Gasteiger partial charge in [-0.25, -0.2) is 0 Å². The molecule has 1 nitrogen and oxygen atoms in total. The maximum absolute atomic E-state index is 2.75. The maximum atomic E-state index is 2.75. The molecular weight excluding hydrogens is 250 g/mol. The Morgan fingerprint density at radius 1 is 0.947 bits per heavy atom. The first kappa shape index (κ1) is 13.5. The summed E-state index contributed by atoms with van der Waals surface area (Å²) in [5, 5.41) is 0. The molecule has 2 heteroatoms. The van der Waals surface area contributed by atoms with Crippen LogP contribution in [0.1, 0.15) is 32.1 Å². The van der Waals surface area contributed by atoms with Gasteiger partial charge in [0.1, 0.15) is 0 Å². The zero-order valence-corrected chi connectivity index (χ0v) is 12.6. The zero-order chi connectivity index (χ0) is 12.9. The average Bonchev–Trinajstić information content (AvgIpc) is 2.77. The highest BCUT2D eigenvalue weighted by Crippen LogP contribution is 2.33. The number of hydrogen-bond donors (Lipinski definition) is 0. The number of rotatable bonds is 5. The summed E-state index contributed by atoms with van der Waals surface area (Å²) in [6.07, 6.45) is 7.33. The lowest BCUT2D eigenvalue weighted by molar-refractivity contribution is 0.254. The van der Waals surface area contributed by atoms with E-state index in [-0.39, 0.29) is 0 Å². The molecule has 4 rings (SSSR count). The summed E-state index contributed by atoms with van der Waals surface area (Å²) < 4.78 is 0. The summed E-state index contributed by atoms with van der Waals surface area (Å²) in [5.41, 5.74) is 0. The van der Waals surface area contributed by atoms with Gasteiger partial charge in [0.15, 0.2) is 0 Å². The number of nitrogens with zero attached hydrogens (tertiary/aromatic N) is 1. The van der Waals surface area contributed by atoms with E-state index in [4.69, 9.17) is 0 Å². The van der Waals surface area contributed by atoms with Gasteiger partial charge in [-0.1, -0.05) is 18.2 Å². The number of benzene rings is 1. The third-order valence-corrected chi connectivity index (χ3v) is 5.73. The molecule has 1 saturated carbocycles. The quantitative estimate of drug-likeness (QED) is 0.582. The highest BCUT2D eigenvalue weighted by molar-refractivity contribution is 7.99. The first-order chi connectivity index (χ1) is 9.40. The second-order valence-corrected chi connectivity index (χ2v) is 7.33. The summed E-state index contributed by atoms with van der Waals surface area (Å²) in [5.74, 6) is 3.29. The van der Waals surface area contributed by atoms with Gasteiger partial charge in [0.2, 0.25) is 0 Å². The predicted molar refractivity (Wildman–Crippen MR) is 83.7 cm³/mol. The Labute approximate surface area is 121 Å². The van der Waals surface area contributed by atoms with Gasteiger partial charge < -0.3 is 4.90 Å². The van der Waals surface area contributed by atoms with Crippen LogP contribution in [0.3, 0.4) is 0 Å². The summed E-state index contributed by atoms with van der Waals surface area (Å²) in [6.45, 7) is 4.08. The van der Waals surface area contributed by atoms with Gasteiger partial charge in [0, 0.05) is 18.0 Å². The maximum Gasteiger partial charge on any atom is 0.00719 e. The number of fused-ring (bicyclic) bond motifs is 4. The van der Waals surface area contributed by atoms with Crippen molar-refractivity contribution in [3.05, 3.63) is 30.3 Å². The van der Waals surface area contributed by atoms with E-state index in [0.717, 1.165) is 11.8 Å². The highest BCUT2D eigenvalue weighted by Gasteiger charge is 2.28. The fourth-order valence-corrected chi connectivity index (χ4v) is 4.44. The summed E-state index contributed by atoms with van der Waals surface area (Å²) in [6, 6.07) is 10.8. The molecule has 1 aromatic carbocycles. The predicted octanol–water partition coefficient (Wildman–Crippen LogP) is 4.29. The summed E-state index contributed by atoms with van der Waals surface area (Å²) in [4.78, 5) is 4.17. The topological polar surface area (TPSA) is 3.24 Å². The largest absolute Gasteiger partial charge is 0.303 e. The lowest BCUT2D eigenvalue weighted by Crippen LogP contribution is -2.29. The average molecular weight is 275 g/mol. The van der Waals surface area contributed by atoms with E-state index in [2.05, 4.69) is 35.2 Å². The fourth-order valence-electron chi connectivity index (χ4n) is 3.58. The minimum Gasteiger partial charge on any atom is -0.303 e. The van der Waals surface area contributed by atoms with E-state index in [1.54, 1.807) is 0 Å². The summed E-state index contributed by atoms with van der Waals surface area (Å²) >= 11 is 2.00. The molecule has 0 unspecified atom stereocenters. The van der Waals surface area contributed by atoms with Crippen LogP contribution >= 0.6 is 11.8 Å². The molecule has 2 saturated heterocycles. The molecule has 104 valence electrons. The van der Waals surface area contributed by atoms with Crippen LogP contribution in [0.5, 0.6) is 0 Å². The van der Waals surface area contributed by atoms with Crippen molar-refractivity contribution in [3.63, 3.8) is 0 Å². The van der Waals surface area contributed by atoms with Crippen molar-refractivity contribution < 1.29 is 0 Å². The Kier molecular flexibility index (Phi) is 4.84. The van der Waals surface area contributed by atoms with E-state index < -0.39 is 0 Å². The van der Waals surface area contributed by atoms with E-state index in [9.17, 15) is 0 Å². The van der Waals surface area contributed by atoms with Crippen molar-refractivity contribution >= 4 is 11.8 Å². The monoisotopic (exact) mass is 275 g/mol. The second-order valence-electron chi connectivity index (χ2n) is 6.16. The second kappa shape index (κ2) is 6.81. The molecule has 3 aliphatic rings. The van der Waals surface area contributed by atoms with Gasteiger partial charge in [-0.2, -0.15) is 0 Å². The lowest BCUT2D eigenvalue weighted by atomic mass is 9.84. The molecule has 2 aliphatic heterocycles. The third kappa shape index (κ3) is 4.00. The molecule has 19 heavy (non-hydrogen) atoms. The van der Waals surface area contributed by atoms with Crippen molar-refractivity contribution in [1.29, 1.82) is 0 Å². The fraction of sp³-hybridized carbons (Fsp3) is 0.647. The van der Waals surface area contributed by atoms with Crippen molar-refractivity contribution in [1.82, 2.24) is 4.90 Å². The van der Waals surface area contributed by atoms with Crippen LogP contribution in [-0.2, 0) is 0 Å². The van der Waals surface area contributed by atoms with Crippen molar-refractivity contribution in [2.45, 2.75) is 37.0 Å². The van der Waals surface area contributed by atoms with Gasteiger partial charge in [-0.05, 0) is 68.4 Å². The van der Waals surface area contributed by atoms with Crippen molar-refractivity contribution in [3.8, 4) is 0 Å². The first-order valence-electron chi connectivity index (χ1n) is 7.80. The Bertz CT molecular complexity index is 356. The van der Waals surface area contributed by atoms with Gasteiger partial charge in [0.25, 0.3) is 0 Å². The Morgan fingerprint density at radius 2 is 1.58 bits per heavy atom. The van der Waals surface area contributed by atoms with E-state index in [1.807, 2.05) is 11.8 Å². The molecule has 1 aliphatic carbocycles. The van der Waals surface area contributed by atoms with Crippen LogP contribution in [0.2, 0.25) is 0 Å². The molecule has 0 N–H and O–H groups in total. The molecular formula is C17H25NS. The first-order valence-corrected chi connectivity index (χ1v) is 8.79. The Hall–Kier alpha value is -0.470. The smallest absolute Gasteiger partial charge is 0.00719 e. The molecule has 0 spiro atoms. The minimum absolute atomic E-state index is 1.01. The molecule has 0 radical (unpaired) electrons. The van der Waals surface area contributed by atoms with Gasteiger partial charge >= 0.3 is 0 Å². The van der Waals surface area contributed by atoms with E-state index >= 15 is 0 Å². The van der Waals surface area contributed by atoms with E-state index in [0.29, 0.717) is 0 Å². The van der Waals surface area contributed by atoms with Crippen LogP contribution < -0.4 is 0 Å². The van der Waals surface area contributed by atoms with Gasteiger partial charge in [-0.3, -0.25) is 0 Å². The highest BCUT2D eigenvalue weighted by atomic mass is 32.2. The Balaban J connectivity index is 1.38. The number of hydrogen-bond acceptors (Lipinski definition) is 2. The molecule has 2 heterocycles. The summed E-state index contributed by atoms with van der Waals surface area (Å²) in [7, 11) is 0. The van der Waals surface area contributed by atoms with Crippen LogP contribution in [0.4, 0.5) is 0 Å². The standard InChI is InChI=1S/C17H25NS/c1-2-5-17(6-3-1)19-12-4-11-18-13-15-7-8-16(14-18)10-9-15/h1-3,5-6,15-16H,4,7-14H2. The van der Waals surface area contributed by atoms with Crippen LogP contribution in [0, 0.1) is 11.8 Å². The SMILES string of the molecule is c1ccc(SCCCN2CC3CCC(CC3)C2)cc1. The van der Waals surface area contributed by atoms with Gasteiger partial charge in [-0.15, -0.1) is 11.8 Å².